The van der Waals surface area contributed by atoms with Gasteiger partial charge in [0.2, 0.25) is 5.91 Å². The summed E-state index contributed by atoms with van der Waals surface area (Å²) < 4.78 is 17.3. The Bertz CT molecular complexity index is 1200. The van der Waals surface area contributed by atoms with Gasteiger partial charge in [0, 0.05) is 12.3 Å². The van der Waals surface area contributed by atoms with Gasteiger partial charge in [0.25, 0.3) is 0 Å². The van der Waals surface area contributed by atoms with Crippen LogP contribution in [-0.4, -0.2) is 43.0 Å². The van der Waals surface area contributed by atoms with E-state index in [1.807, 2.05) is 25.1 Å². The summed E-state index contributed by atoms with van der Waals surface area (Å²) in [5.41, 5.74) is 8.24. The number of hydrogen-bond donors (Lipinski definition) is 4. The van der Waals surface area contributed by atoms with Crippen molar-refractivity contribution in [2.24, 2.45) is 0 Å². The molecule has 0 saturated carbocycles. The Kier molecular flexibility index (Phi) is 11.8. The number of aliphatic hydroxyl groups is 1. The van der Waals surface area contributed by atoms with Gasteiger partial charge in [-0.05, 0) is 67.8 Å². The second-order valence-corrected chi connectivity index (χ2v) is 8.51. The zero-order valence-corrected chi connectivity index (χ0v) is 21.9. The van der Waals surface area contributed by atoms with E-state index in [1.54, 1.807) is 66.7 Å². The number of nitrogens with two attached hydrogens (primary N) is 1. The third-order valence-electron chi connectivity index (χ3n) is 5.65. The van der Waals surface area contributed by atoms with Crippen LogP contribution >= 0.6 is 0 Å². The van der Waals surface area contributed by atoms with Gasteiger partial charge in [-0.2, -0.15) is 0 Å². The number of ether oxygens (including phenoxy) is 3. The summed E-state index contributed by atoms with van der Waals surface area (Å²) in [6.45, 7) is 2.36. The van der Waals surface area contributed by atoms with Gasteiger partial charge in [-0.15, -0.1) is 0 Å². The largest absolute Gasteiger partial charge is 0.491 e. The molecule has 206 valence electrons. The van der Waals surface area contributed by atoms with Crippen molar-refractivity contribution in [3.8, 4) is 5.75 Å². The summed E-state index contributed by atoms with van der Waals surface area (Å²) in [6.07, 6.45) is 2.34. The van der Waals surface area contributed by atoms with Crippen molar-refractivity contribution < 1.29 is 28.9 Å². The fraction of sp³-hybridized carbons (Fsp3) is 0.267. The van der Waals surface area contributed by atoms with E-state index in [4.69, 9.17) is 25.1 Å². The molecule has 39 heavy (non-hydrogen) atoms. The second kappa shape index (κ2) is 15.8. The van der Waals surface area contributed by atoms with Crippen LogP contribution in [0.25, 0.3) is 0 Å². The number of anilines is 3. The molecule has 0 aliphatic carbocycles. The molecule has 3 aromatic carbocycles. The van der Waals surface area contributed by atoms with Crippen LogP contribution in [0.5, 0.6) is 5.75 Å². The number of carbonyl (C=O) groups excluding carboxylic acids is 2. The predicted octanol–water partition coefficient (Wildman–Crippen LogP) is 5.31. The average Bonchev–Trinajstić information content (AvgIpc) is 2.94. The molecule has 2 atom stereocenters. The number of allylic oxidation sites excluding steroid dienone is 1. The van der Waals surface area contributed by atoms with E-state index >= 15 is 0 Å². The summed E-state index contributed by atoms with van der Waals surface area (Å²) >= 11 is 0. The highest BCUT2D eigenvalue weighted by Crippen LogP contribution is 2.29. The van der Waals surface area contributed by atoms with E-state index in [-0.39, 0.29) is 19.1 Å². The Morgan fingerprint density at radius 1 is 0.974 bits per heavy atom. The van der Waals surface area contributed by atoms with Crippen molar-refractivity contribution in [1.29, 1.82) is 0 Å². The van der Waals surface area contributed by atoms with Gasteiger partial charge in [0.15, 0.2) is 6.10 Å². The number of benzene rings is 3. The van der Waals surface area contributed by atoms with Crippen molar-refractivity contribution in [3.05, 3.63) is 96.6 Å². The standard InChI is InChI=1S/C30H35N3O6/c1-2-37-27(14-8-9-15-28(35)33-26-13-7-6-12-25(26)31)29(22-16-18-24(19-17-22)38-21-20-34)39-30(36)32-23-10-4-3-5-11-23/h3-7,9-13,15-19,27,29,34H,2,8,14,20-21,31H2,1H3,(H,32,36)(H,33,35)/b15-9+/t27-,29-/m1/s1. The van der Waals surface area contributed by atoms with Crippen molar-refractivity contribution in [3.63, 3.8) is 0 Å². The molecule has 2 amide bonds. The van der Waals surface area contributed by atoms with Crippen LogP contribution in [0.15, 0.2) is 91.0 Å². The first-order chi connectivity index (χ1) is 19.0. The fourth-order valence-electron chi connectivity index (χ4n) is 3.83. The maximum Gasteiger partial charge on any atom is 0.412 e. The molecular weight excluding hydrogens is 498 g/mol. The molecule has 0 radical (unpaired) electrons. The van der Waals surface area contributed by atoms with Gasteiger partial charge in [-0.1, -0.05) is 48.5 Å². The molecular formula is C30H35N3O6. The minimum atomic E-state index is -0.730. The van der Waals surface area contributed by atoms with Crippen LogP contribution in [0.3, 0.4) is 0 Å². The lowest BCUT2D eigenvalue weighted by Crippen LogP contribution is -2.29. The summed E-state index contributed by atoms with van der Waals surface area (Å²) in [5.74, 6) is 0.288. The molecule has 3 rings (SSSR count). The highest BCUT2D eigenvalue weighted by Gasteiger charge is 2.27. The van der Waals surface area contributed by atoms with Gasteiger partial charge in [-0.25, -0.2) is 4.79 Å². The van der Waals surface area contributed by atoms with Crippen LogP contribution in [0.2, 0.25) is 0 Å². The van der Waals surface area contributed by atoms with Gasteiger partial charge < -0.3 is 30.4 Å². The molecule has 5 N–H and O–H groups in total. The van der Waals surface area contributed by atoms with Crippen LogP contribution in [0, 0.1) is 0 Å². The third-order valence-corrected chi connectivity index (χ3v) is 5.65. The Morgan fingerprint density at radius 3 is 2.38 bits per heavy atom. The number of nitrogen functional groups attached to an aromatic ring is 1. The second-order valence-electron chi connectivity index (χ2n) is 8.51. The van der Waals surface area contributed by atoms with Crippen molar-refractivity contribution in [1.82, 2.24) is 0 Å². The summed E-state index contributed by atoms with van der Waals surface area (Å²) in [7, 11) is 0. The lowest BCUT2D eigenvalue weighted by molar-refractivity contribution is -0.111. The molecule has 0 aromatic heterocycles. The Hall–Kier alpha value is -4.34. The molecule has 0 spiro atoms. The first kappa shape index (κ1) is 29.2. The molecule has 0 fully saturated rings. The van der Waals surface area contributed by atoms with Crippen molar-refractivity contribution >= 4 is 29.1 Å². The van der Waals surface area contributed by atoms with Gasteiger partial charge in [-0.3, -0.25) is 10.1 Å². The van der Waals surface area contributed by atoms with Crippen LogP contribution in [0.4, 0.5) is 21.9 Å². The fourth-order valence-corrected chi connectivity index (χ4v) is 3.83. The highest BCUT2D eigenvalue weighted by molar-refractivity contribution is 6.01. The maximum absolute atomic E-state index is 12.8. The van der Waals surface area contributed by atoms with E-state index in [1.165, 1.54) is 6.08 Å². The number of para-hydroxylation sites is 3. The lowest BCUT2D eigenvalue weighted by Gasteiger charge is -2.27. The van der Waals surface area contributed by atoms with Crippen molar-refractivity contribution in [2.45, 2.75) is 32.0 Å². The molecule has 9 heteroatoms. The van der Waals surface area contributed by atoms with Crippen LogP contribution < -0.4 is 21.1 Å². The molecule has 0 heterocycles. The molecule has 0 aliphatic heterocycles. The van der Waals surface area contributed by atoms with Crippen LogP contribution in [-0.2, 0) is 14.3 Å². The first-order valence-corrected chi connectivity index (χ1v) is 12.8. The smallest absolute Gasteiger partial charge is 0.412 e. The van der Waals surface area contributed by atoms with E-state index in [2.05, 4.69) is 10.6 Å². The minimum absolute atomic E-state index is 0.0934. The number of carbonyl (C=O) groups is 2. The Labute approximate surface area is 228 Å². The molecule has 0 unspecified atom stereocenters. The quantitative estimate of drug-likeness (QED) is 0.163. The molecule has 9 nitrogen and oxygen atoms in total. The highest BCUT2D eigenvalue weighted by atomic mass is 16.6. The predicted molar refractivity (Wildman–Crippen MR) is 152 cm³/mol. The number of amides is 2. The minimum Gasteiger partial charge on any atom is -0.491 e. The number of rotatable bonds is 14. The first-order valence-electron chi connectivity index (χ1n) is 12.8. The maximum atomic E-state index is 12.8. The van der Waals surface area contributed by atoms with Gasteiger partial charge >= 0.3 is 6.09 Å². The van der Waals surface area contributed by atoms with E-state index in [9.17, 15) is 9.59 Å². The number of hydrogen-bond acceptors (Lipinski definition) is 7. The third kappa shape index (κ3) is 9.81. The molecule has 3 aromatic rings. The monoisotopic (exact) mass is 533 g/mol. The van der Waals surface area contributed by atoms with Gasteiger partial charge in [0.1, 0.15) is 12.4 Å². The zero-order valence-electron chi connectivity index (χ0n) is 21.9. The SMILES string of the molecule is CCO[C@H](CC/C=C/C(=O)Nc1ccccc1N)[C@H](OC(=O)Nc1ccccc1)c1ccc(OCCO)cc1. The average molecular weight is 534 g/mol. The van der Waals surface area contributed by atoms with E-state index in [0.29, 0.717) is 47.8 Å². The van der Waals surface area contributed by atoms with Crippen LogP contribution in [0.1, 0.15) is 31.4 Å². The number of nitrogens with one attached hydrogen (secondary N) is 2. The Morgan fingerprint density at radius 2 is 1.69 bits per heavy atom. The Balaban J connectivity index is 1.70. The van der Waals surface area contributed by atoms with E-state index in [0.717, 1.165) is 0 Å². The van der Waals surface area contributed by atoms with Gasteiger partial charge in [0.05, 0.1) is 24.1 Å². The summed E-state index contributed by atoms with van der Waals surface area (Å²) in [4.78, 5) is 25.1. The summed E-state index contributed by atoms with van der Waals surface area (Å²) in [6, 6.07) is 23.1. The number of aliphatic hydroxyl groups excluding tert-OH is 1. The lowest BCUT2D eigenvalue weighted by atomic mass is 10.00. The normalized spacial score (nSPS) is 12.5. The molecule has 0 aliphatic rings. The zero-order chi connectivity index (χ0) is 27.9. The topological polar surface area (TPSA) is 132 Å². The molecule has 0 saturated heterocycles. The van der Waals surface area contributed by atoms with Crippen molar-refractivity contribution in [2.75, 3.05) is 36.2 Å². The molecule has 0 bridgehead atoms. The van der Waals surface area contributed by atoms with E-state index < -0.39 is 18.3 Å². The summed E-state index contributed by atoms with van der Waals surface area (Å²) in [5, 5.41) is 14.5.